The highest BCUT2D eigenvalue weighted by molar-refractivity contribution is 5.76. The summed E-state index contributed by atoms with van der Waals surface area (Å²) in [7, 11) is 2.15. The molecule has 18 heavy (non-hydrogen) atoms. The van der Waals surface area contributed by atoms with E-state index < -0.39 is 0 Å². The van der Waals surface area contributed by atoms with Crippen molar-refractivity contribution in [1.29, 1.82) is 0 Å². The van der Waals surface area contributed by atoms with Gasteiger partial charge in [-0.15, -0.1) is 0 Å². The van der Waals surface area contributed by atoms with Crippen molar-refractivity contribution in [2.24, 2.45) is 0 Å². The Morgan fingerprint density at radius 2 is 1.67 bits per heavy atom. The predicted octanol–water partition coefficient (Wildman–Crippen LogP) is 0.358. The zero-order chi connectivity index (χ0) is 12.3. The lowest BCUT2D eigenvalue weighted by Crippen LogP contribution is -2.71. The van der Waals surface area contributed by atoms with Gasteiger partial charge in [0.2, 0.25) is 0 Å². The second-order valence-electron chi connectivity index (χ2n) is 6.32. The molecule has 0 aromatic rings. The Labute approximate surface area is 108 Å². The van der Waals surface area contributed by atoms with Crippen LogP contribution in [0.3, 0.4) is 0 Å². The topological polar surface area (TPSA) is 36.0 Å². The second kappa shape index (κ2) is 3.84. The number of rotatable bonds is 0. The van der Waals surface area contributed by atoms with Gasteiger partial charge in [0, 0.05) is 38.3 Å². The number of fused-ring (bicyclic) bond motifs is 4. The first-order chi connectivity index (χ1) is 8.70. The Balaban J connectivity index is 1.45. The molecule has 0 N–H and O–H groups in total. The maximum absolute atomic E-state index is 12.6. The average molecular weight is 251 g/mol. The quantitative estimate of drug-likeness (QED) is 0.623. The molecule has 5 heteroatoms. The molecule has 4 unspecified atom stereocenters. The standard InChI is InChI=1S/C13H21N3O2/c1-14-5-9-4-10(6-14)16(9)13(17)15-7-11-2-3-12(8-15)18-11/h9-12H,2-8H2,1H3. The highest BCUT2D eigenvalue weighted by atomic mass is 16.5. The Hall–Kier alpha value is -0.810. The highest BCUT2D eigenvalue weighted by Crippen LogP contribution is 2.34. The molecule has 0 aliphatic carbocycles. The normalized spacial score (nSPS) is 42.9. The summed E-state index contributed by atoms with van der Waals surface area (Å²) in [5.74, 6) is 0. The first-order valence-corrected chi connectivity index (χ1v) is 7.12. The number of urea groups is 1. The molecule has 5 saturated heterocycles. The molecule has 5 aliphatic rings. The van der Waals surface area contributed by atoms with Crippen molar-refractivity contribution >= 4 is 6.03 Å². The zero-order valence-electron chi connectivity index (χ0n) is 10.9. The third-order valence-corrected chi connectivity index (χ3v) is 4.91. The lowest BCUT2D eigenvalue weighted by Gasteiger charge is -2.56. The van der Waals surface area contributed by atoms with Crippen molar-refractivity contribution in [3.63, 3.8) is 0 Å². The van der Waals surface area contributed by atoms with Crippen LogP contribution in [0, 0.1) is 0 Å². The van der Waals surface area contributed by atoms with Crippen LogP contribution in [0.15, 0.2) is 0 Å². The van der Waals surface area contributed by atoms with Crippen molar-refractivity contribution in [1.82, 2.24) is 14.7 Å². The molecule has 0 spiro atoms. The van der Waals surface area contributed by atoms with Crippen molar-refractivity contribution in [3.8, 4) is 0 Å². The highest BCUT2D eigenvalue weighted by Gasteiger charge is 2.49. The molecule has 5 fully saturated rings. The molecular formula is C13H21N3O2. The monoisotopic (exact) mass is 251 g/mol. The van der Waals surface area contributed by atoms with E-state index in [0.29, 0.717) is 24.3 Å². The van der Waals surface area contributed by atoms with Crippen LogP contribution in [0.25, 0.3) is 0 Å². The number of piperazine rings is 1. The Bertz CT molecular complexity index is 351. The van der Waals surface area contributed by atoms with E-state index in [0.717, 1.165) is 39.0 Å². The van der Waals surface area contributed by atoms with E-state index in [4.69, 9.17) is 4.74 Å². The summed E-state index contributed by atoms with van der Waals surface area (Å²) in [6.07, 6.45) is 4.06. The van der Waals surface area contributed by atoms with Gasteiger partial charge >= 0.3 is 6.03 Å². The van der Waals surface area contributed by atoms with Gasteiger partial charge in [-0.05, 0) is 26.3 Å². The Morgan fingerprint density at radius 3 is 2.28 bits per heavy atom. The molecule has 0 aromatic heterocycles. The van der Waals surface area contributed by atoms with Gasteiger partial charge in [-0.2, -0.15) is 0 Å². The first kappa shape index (κ1) is 11.1. The molecule has 5 rings (SSSR count). The van der Waals surface area contributed by atoms with Gasteiger partial charge in [-0.25, -0.2) is 4.79 Å². The number of ether oxygens (including phenoxy) is 1. The summed E-state index contributed by atoms with van der Waals surface area (Å²) < 4.78 is 5.80. The minimum absolute atomic E-state index is 0.268. The smallest absolute Gasteiger partial charge is 0.320 e. The number of hydrogen-bond acceptors (Lipinski definition) is 3. The van der Waals surface area contributed by atoms with Gasteiger partial charge in [-0.3, -0.25) is 0 Å². The van der Waals surface area contributed by atoms with Gasteiger partial charge < -0.3 is 19.4 Å². The SMILES string of the molecule is CN1CC2CC(C1)N2C(=O)N1CC2CCC(C1)O2. The molecular weight excluding hydrogens is 230 g/mol. The van der Waals surface area contributed by atoms with Crippen LogP contribution in [0.1, 0.15) is 19.3 Å². The number of likely N-dealkylation sites (N-methyl/N-ethyl adjacent to an activating group) is 1. The summed E-state index contributed by atoms with van der Waals surface area (Å²) in [6, 6.07) is 1.19. The van der Waals surface area contributed by atoms with Crippen LogP contribution >= 0.6 is 0 Å². The fourth-order valence-electron chi connectivity index (χ4n) is 4.07. The number of nitrogens with zero attached hydrogens (tertiary/aromatic N) is 3. The van der Waals surface area contributed by atoms with E-state index >= 15 is 0 Å². The molecule has 0 aromatic carbocycles. The molecule has 100 valence electrons. The number of amides is 2. The van der Waals surface area contributed by atoms with Crippen LogP contribution in [0.2, 0.25) is 0 Å². The number of morpholine rings is 1. The van der Waals surface area contributed by atoms with Crippen molar-refractivity contribution in [2.75, 3.05) is 33.2 Å². The van der Waals surface area contributed by atoms with Crippen molar-refractivity contribution in [3.05, 3.63) is 0 Å². The summed E-state index contributed by atoms with van der Waals surface area (Å²) in [5, 5.41) is 0. The molecule has 0 radical (unpaired) electrons. The first-order valence-electron chi connectivity index (χ1n) is 7.12. The lowest BCUT2D eigenvalue weighted by atomic mass is 9.88. The molecule has 0 saturated carbocycles. The maximum Gasteiger partial charge on any atom is 0.320 e. The number of carbonyl (C=O) groups is 1. The third kappa shape index (κ3) is 1.57. The Kier molecular flexibility index (Phi) is 2.36. The van der Waals surface area contributed by atoms with Gasteiger partial charge in [0.05, 0.1) is 12.2 Å². The van der Waals surface area contributed by atoms with Gasteiger partial charge in [-0.1, -0.05) is 0 Å². The van der Waals surface area contributed by atoms with Crippen LogP contribution in [-0.2, 0) is 4.74 Å². The fraction of sp³-hybridized carbons (Fsp3) is 0.923. The minimum atomic E-state index is 0.268. The molecule has 4 bridgehead atoms. The van der Waals surface area contributed by atoms with Gasteiger partial charge in [0.15, 0.2) is 0 Å². The van der Waals surface area contributed by atoms with E-state index in [-0.39, 0.29) is 6.03 Å². The molecule has 5 heterocycles. The van der Waals surface area contributed by atoms with Crippen molar-refractivity contribution < 1.29 is 9.53 Å². The van der Waals surface area contributed by atoms with Crippen LogP contribution in [-0.4, -0.2) is 78.2 Å². The zero-order valence-corrected chi connectivity index (χ0v) is 10.9. The maximum atomic E-state index is 12.6. The van der Waals surface area contributed by atoms with Gasteiger partial charge in [0.1, 0.15) is 0 Å². The van der Waals surface area contributed by atoms with E-state index in [2.05, 4.69) is 16.8 Å². The second-order valence-corrected chi connectivity index (χ2v) is 6.32. The minimum Gasteiger partial charge on any atom is -0.371 e. The number of carbonyl (C=O) groups excluding carboxylic acids is 1. The van der Waals surface area contributed by atoms with E-state index in [9.17, 15) is 4.79 Å². The third-order valence-electron chi connectivity index (χ3n) is 4.91. The predicted molar refractivity (Wildman–Crippen MR) is 66.4 cm³/mol. The molecule has 4 atom stereocenters. The summed E-state index contributed by atoms with van der Waals surface area (Å²) in [6.45, 7) is 3.70. The summed E-state index contributed by atoms with van der Waals surface area (Å²) in [5.41, 5.74) is 0. The van der Waals surface area contributed by atoms with E-state index in [1.54, 1.807) is 0 Å². The lowest BCUT2D eigenvalue weighted by molar-refractivity contribution is -0.0637. The number of hydrogen-bond donors (Lipinski definition) is 0. The van der Waals surface area contributed by atoms with E-state index in [1.165, 1.54) is 6.42 Å². The van der Waals surface area contributed by atoms with E-state index in [1.807, 2.05) is 4.90 Å². The van der Waals surface area contributed by atoms with Crippen LogP contribution < -0.4 is 0 Å². The van der Waals surface area contributed by atoms with Crippen LogP contribution in [0.4, 0.5) is 4.79 Å². The molecule has 5 nitrogen and oxygen atoms in total. The molecule has 2 amide bonds. The largest absolute Gasteiger partial charge is 0.371 e. The van der Waals surface area contributed by atoms with Crippen molar-refractivity contribution in [2.45, 2.75) is 43.6 Å². The van der Waals surface area contributed by atoms with Gasteiger partial charge in [0.25, 0.3) is 0 Å². The Morgan fingerprint density at radius 1 is 1.06 bits per heavy atom. The average Bonchev–Trinajstić information content (AvgIpc) is 2.67. The number of piperidine rings is 1. The summed E-state index contributed by atoms with van der Waals surface area (Å²) >= 11 is 0. The fourth-order valence-corrected chi connectivity index (χ4v) is 4.07. The molecule has 5 aliphatic heterocycles. The summed E-state index contributed by atoms with van der Waals surface area (Å²) in [4.78, 5) is 19.1. The number of likely N-dealkylation sites (tertiary alicyclic amines) is 1. The van der Waals surface area contributed by atoms with Crippen LogP contribution in [0.5, 0.6) is 0 Å².